The third-order valence-electron chi connectivity index (χ3n) is 6.46. The van der Waals surface area contributed by atoms with E-state index in [-0.39, 0.29) is 11.6 Å². The number of H-pyrrole nitrogens is 1. The molecule has 0 unspecified atom stereocenters. The van der Waals surface area contributed by atoms with Crippen molar-refractivity contribution in [2.24, 2.45) is 5.10 Å². The molecule has 0 bridgehead atoms. The lowest BCUT2D eigenvalue weighted by Crippen LogP contribution is -2.47. The van der Waals surface area contributed by atoms with Gasteiger partial charge < -0.3 is 9.72 Å². The molecule has 0 aromatic carbocycles. The number of aryl methyl sites for hydroxylation is 2. The fraction of sp³-hybridized carbons (Fsp3) is 0.565. The molecule has 2 saturated heterocycles. The van der Waals surface area contributed by atoms with Crippen molar-refractivity contribution in [3.63, 3.8) is 0 Å². The van der Waals surface area contributed by atoms with Gasteiger partial charge in [-0.05, 0) is 51.3 Å². The molecule has 2 aromatic heterocycles. The predicted octanol–water partition coefficient (Wildman–Crippen LogP) is 2.39. The summed E-state index contributed by atoms with van der Waals surface area (Å²) >= 11 is 0. The van der Waals surface area contributed by atoms with Gasteiger partial charge in [0.05, 0.1) is 29.6 Å². The first kappa shape index (κ1) is 21.6. The maximum Gasteiger partial charge on any atom is 0.260 e. The van der Waals surface area contributed by atoms with Gasteiger partial charge in [-0.15, -0.1) is 0 Å². The summed E-state index contributed by atoms with van der Waals surface area (Å²) in [5.74, 6) is 1.13. The van der Waals surface area contributed by atoms with E-state index in [1.807, 2.05) is 31.2 Å². The minimum Gasteiger partial charge on any atom is -0.381 e. The number of ether oxygens (including phenoxy) is 1. The summed E-state index contributed by atoms with van der Waals surface area (Å²) in [4.78, 5) is 27.3. The van der Waals surface area contributed by atoms with E-state index >= 15 is 0 Å². The molecule has 2 aromatic rings. The molecule has 1 N–H and O–H groups in total. The number of hydrazone groups is 1. The molecule has 0 saturated carbocycles. The Morgan fingerprint density at radius 2 is 2.06 bits per heavy atom. The van der Waals surface area contributed by atoms with E-state index in [0.717, 1.165) is 44.8 Å². The van der Waals surface area contributed by atoms with Gasteiger partial charge in [0, 0.05) is 51.2 Å². The van der Waals surface area contributed by atoms with E-state index in [1.54, 1.807) is 6.21 Å². The van der Waals surface area contributed by atoms with Crippen LogP contribution in [0.3, 0.4) is 0 Å². The van der Waals surface area contributed by atoms with Gasteiger partial charge in [0.2, 0.25) is 0 Å². The predicted molar refractivity (Wildman–Crippen MR) is 120 cm³/mol. The second-order valence-electron chi connectivity index (χ2n) is 8.70. The van der Waals surface area contributed by atoms with Crippen LogP contribution in [0.5, 0.6) is 0 Å². The Labute approximate surface area is 183 Å². The highest BCUT2D eigenvalue weighted by molar-refractivity contribution is 5.80. The molecule has 2 aliphatic heterocycles. The quantitative estimate of drug-likeness (QED) is 0.566. The molecule has 8 nitrogen and oxygen atoms in total. The molecule has 4 heterocycles. The average Bonchev–Trinajstić information content (AvgIpc) is 2.72. The lowest BCUT2D eigenvalue weighted by Gasteiger charge is -2.42. The Hall–Kier alpha value is -2.58. The van der Waals surface area contributed by atoms with Crippen LogP contribution in [0.1, 0.15) is 60.1 Å². The van der Waals surface area contributed by atoms with Crippen molar-refractivity contribution in [1.82, 2.24) is 24.9 Å². The Bertz CT molecular complexity index is 992. The summed E-state index contributed by atoms with van der Waals surface area (Å²) in [5.41, 5.74) is 3.45. The molecule has 31 heavy (non-hydrogen) atoms. The Balaban J connectivity index is 1.41. The van der Waals surface area contributed by atoms with E-state index in [9.17, 15) is 4.79 Å². The number of pyridine rings is 1. The third kappa shape index (κ3) is 4.85. The SMILES string of the molecule is Cc1ccnc(C2CN([C@H](C)c3nc(C)c(/C=N\N(C)C4CCOCC4)c(=O)[nH]3)C2)c1. The van der Waals surface area contributed by atoms with Crippen molar-refractivity contribution in [1.29, 1.82) is 0 Å². The molecule has 0 spiro atoms. The number of likely N-dealkylation sites (tertiary alicyclic amines) is 1. The Morgan fingerprint density at radius 1 is 1.32 bits per heavy atom. The van der Waals surface area contributed by atoms with Crippen LogP contribution in [0.4, 0.5) is 0 Å². The topological polar surface area (TPSA) is 86.7 Å². The number of nitrogens with zero attached hydrogens (tertiary/aromatic N) is 5. The zero-order valence-corrected chi connectivity index (χ0v) is 18.8. The molecule has 0 radical (unpaired) electrons. The molecule has 2 aliphatic rings. The van der Waals surface area contributed by atoms with E-state index in [0.29, 0.717) is 29.0 Å². The monoisotopic (exact) mass is 424 g/mol. The van der Waals surface area contributed by atoms with Crippen LogP contribution in [0.15, 0.2) is 28.2 Å². The van der Waals surface area contributed by atoms with Crippen LogP contribution < -0.4 is 5.56 Å². The number of hydrogen-bond acceptors (Lipinski definition) is 7. The largest absolute Gasteiger partial charge is 0.381 e. The number of aromatic nitrogens is 3. The standard InChI is InChI=1S/C23H32N6O2/c1-15-5-8-24-21(11-15)18-13-29(14-18)17(3)22-26-16(2)20(23(30)27-22)12-25-28(4)19-6-9-31-10-7-19/h5,8,11-12,17-19H,6-7,9-10,13-14H2,1-4H3,(H,26,27,30)/b25-12-/t17-/m1/s1. The number of aromatic amines is 1. The summed E-state index contributed by atoms with van der Waals surface area (Å²) in [6.45, 7) is 9.40. The van der Waals surface area contributed by atoms with Crippen LogP contribution in [-0.2, 0) is 4.74 Å². The normalized spacial score (nSPS) is 19.5. The molecule has 0 amide bonds. The van der Waals surface area contributed by atoms with Crippen LogP contribution in [-0.4, -0.2) is 70.5 Å². The molecule has 8 heteroatoms. The van der Waals surface area contributed by atoms with Gasteiger partial charge in [0.25, 0.3) is 5.56 Å². The summed E-state index contributed by atoms with van der Waals surface area (Å²) in [7, 11) is 1.95. The van der Waals surface area contributed by atoms with E-state index in [2.05, 4.69) is 39.9 Å². The smallest absolute Gasteiger partial charge is 0.260 e. The van der Waals surface area contributed by atoms with Crippen LogP contribution in [0.2, 0.25) is 0 Å². The van der Waals surface area contributed by atoms with Crippen molar-refractivity contribution >= 4 is 6.21 Å². The summed E-state index contributed by atoms with van der Waals surface area (Å²) < 4.78 is 5.41. The van der Waals surface area contributed by atoms with Gasteiger partial charge in [-0.25, -0.2) is 4.98 Å². The van der Waals surface area contributed by atoms with Gasteiger partial charge in [-0.2, -0.15) is 5.10 Å². The molecular weight excluding hydrogens is 392 g/mol. The lowest BCUT2D eigenvalue weighted by atomic mass is 9.93. The van der Waals surface area contributed by atoms with Crippen LogP contribution >= 0.6 is 0 Å². The second kappa shape index (κ2) is 9.28. The molecular formula is C23H32N6O2. The van der Waals surface area contributed by atoms with Crippen LogP contribution in [0, 0.1) is 13.8 Å². The van der Waals surface area contributed by atoms with Gasteiger partial charge in [-0.3, -0.25) is 19.7 Å². The number of rotatable bonds is 6. The highest BCUT2D eigenvalue weighted by atomic mass is 16.5. The second-order valence-corrected chi connectivity index (χ2v) is 8.70. The van der Waals surface area contributed by atoms with E-state index in [4.69, 9.17) is 9.72 Å². The molecule has 1 atom stereocenters. The third-order valence-corrected chi connectivity index (χ3v) is 6.46. The number of hydrogen-bond donors (Lipinski definition) is 1. The van der Waals surface area contributed by atoms with Crippen molar-refractivity contribution < 1.29 is 4.74 Å². The summed E-state index contributed by atoms with van der Waals surface area (Å²) in [6.07, 6.45) is 5.41. The molecule has 4 rings (SSSR count). The highest BCUT2D eigenvalue weighted by Gasteiger charge is 2.34. The summed E-state index contributed by atoms with van der Waals surface area (Å²) in [6, 6.07) is 4.57. The minimum absolute atomic E-state index is 0.0448. The first-order chi connectivity index (χ1) is 14.9. The highest BCUT2D eigenvalue weighted by Crippen LogP contribution is 2.32. The van der Waals surface area contributed by atoms with Crippen molar-refractivity contribution in [3.8, 4) is 0 Å². The summed E-state index contributed by atoms with van der Waals surface area (Å²) in [5, 5.41) is 6.43. The molecule has 166 valence electrons. The maximum atomic E-state index is 12.8. The van der Waals surface area contributed by atoms with Crippen molar-refractivity contribution in [2.45, 2.75) is 51.6 Å². The Kier molecular flexibility index (Phi) is 6.48. The van der Waals surface area contributed by atoms with Gasteiger partial charge >= 0.3 is 0 Å². The van der Waals surface area contributed by atoms with Crippen molar-refractivity contribution in [3.05, 3.63) is 57.0 Å². The number of nitrogens with one attached hydrogen (secondary N) is 1. The lowest BCUT2D eigenvalue weighted by molar-refractivity contribution is 0.0442. The van der Waals surface area contributed by atoms with Gasteiger partial charge in [0.1, 0.15) is 5.82 Å². The van der Waals surface area contributed by atoms with Crippen molar-refractivity contribution in [2.75, 3.05) is 33.4 Å². The van der Waals surface area contributed by atoms with E-state index < -0.39 is 0 Å². The fourth-order valence-electron chi connectivity index (χ4n) is 4.24. The van der Waals surface area contributed by atoms with Gasteiger partial charge in [-0.1, -0.05) is 0 Å². The minimum atomic E-state index is -0.143. The first-order valence-corrected chi connectivity index (χ1v) is 11.0. The Morgan fingerprint density at radius 3 is 2.74 bits per heavy atom. The van der Waals surface area contributed by atoms with Crippen LogP contribution in [0.25, 0.3) is 0 Å². The fourth-order valence-corrected chi connectivity index (χ4v) is 4.24. The molecule has 2 fully saturated rings. The molecule has 0 aliphatic carbocycles. The van der Waals surface area contributed by atoms with E-state index in [1.165, 1.54) is 5.56 Å². The zero-order chi connectivity index (χ0) is 22.0. The maximum absolute atomic E-state index is 12.8. The zero-order valence-electron chi connectivity index (χ0n) is 18.8. The first-order valence-electron chi connectivity index (χ1n) is 11.0. The average molecular weight is 425 g/mol. The van der Waals surface area contributed by atoms with Gasteiger partial charge in [0.15, 0.2) is 0 Å².